The molecule has 1 N–H and O–H groups in total. The van der Waals surface area contributed by atoms with E-state index in [9.17, 15) is 0 Å². The highest BCUT2D eigenvalue weighted by Crippen LogP contribution is 2.24. The van der Waals surface area contributed by atoms with Crippen LogP contribution in [0, 0.1) is 0 Å². The van der Waals surface area contributed by atoms with Crippen LogP contribution in [0.1, 0.15) is 38.1 Å². The first-order valence-electron chi connectivity index (χ1n) is 8.10. The second-order valence-electron chi connectivity index (χ2n) is 5.84. The highest BCUT2D eigenvalue weighted by molar-refractivity contribution is 5.86. The van der Waals surface area contributed by atoms with Crippen molar-refractivity contribution in [3.8, 4) is 5.88 Å². The minimum absolute atomic E-state index is 0.238. The molecule has 3 aromatic rings. The van der Waals surface area contributed by atoms with E-state index in [0.717, 1.165) is 28.2 Å². The average molecular weight is 326 g/mol. The van der Waals surface area contributed by atoms with Gasteiger partial charge in [-0.3, -0.25) is 4.68 Å². The van der Waals surface area contributed by atoms with Crippen LogP contribution in [0.2, 0.25) is 0 Å². The van der Waals surface area contributed by atoms with Crippen LogP contribution in [0.3, 0.4) is 0 Å². The summed E-state index contributed by atoms with van der Waals surface area (Å²) in [5.41, 5.74) is 1.81. The Kier molecular flexibility index (Phi) is 4.59. The summed E-state index contributed by atoms with van der Waals surface area (Å²) in [6.45, 7) is 7.26. The zero-order chi connectivity index (χ0) is 17.1. The van der Waals surface area contributed by atoms with Gasteiger partial charge in [0.25, 0.3) is 0 Å². The molecule has 0 unspecified atom stereocenters. The van der Waals surface area contributed by atoms with Crippen molar-refractivity contribution in [1.82, 2.24) is 24.7 Å². The molecule has 0 amide bonds. The third kappa shape index (κ3) is 3.15. The van der Waals surface area contributed by atoms with E-state index in [0.29, 0.717) is 19.0 Å². The minimum Gasteiger partial charge on any atom is -0.478 e. The Morgan fingerprint density at radius 2 is 2.12 bits per heavy atom. The number of ether oxygens (including phenoxy) is 1. The molecule has 0 saturated carbocycles. The third-order valence-electron chi connectivity index (χ3n) is 3.70. The fourth-order valence-corrected chi connectivity index (χ4v) is 2.44. The van der Waals surface area contributed by atoms with Crippen LogP contribution in [0.5, 0.6) is 5.88 Å². The zero-order valence-corrected chi connectivity index (χ0v) is 14.4. The second-order valence-corrected chi connectivity index (χ2v) is 5.84. The van der Waals surface area contributed by atoms with Crippen molar-refractivity contribution >= 4 is 16.9 Å². The Morgan fingerprint density at radius 3 is 2.88 bits per heavy atom. The Bertz CT molecular complexity index is 842. The number of aromatic nitrogens is 5. The summed E-state index contributed by atoms with van der Waals surface area (Å²) in [5, 5.41) is 8.59. The number of nitrogens with zero attached hydrogens (tertiary/aromatic N) is 5. The monoisotopic (exact) mass is 326 g/mol. The van der Waals surface area contributed by atoms with E-state index in [1.54, 1.807) is 17.1 Å². The quantitative estimate of drug-likeness (QED) is 0.750. The molecule has 0 aliphatic heterocycles. The normalized spacial score (nSPS) is 11.2. The van der Waals surface area contributed by atoms with Crippen molar-refractivity contribution in [2.75, 3.05) is 11.9 Å². The molecule has 0 spiro atoms. The summed E-state index contributed by atoms with van der Waals surface area (Å²) < 4.78 is 7.35. The summed E-state index contributed by atoms with van der Waals surface area (Å²) >= 11 is 0. The van der Waals surface area contributed by atoms with Gasteiger partial charge in [-0.15, -0.1) is 0 Å². The molecular weight excluding hydrogens is 304 g/mol. The molecular formula is C17H22N6O. The number of aryl methyl sites for hydroxylation is 1. The summed E-state index contributed by atoms with van der Waals surface area (Å²) in [7, 11) is 1.89. The number of anilines is 1. The Labute approximate surface area is 141 Å². The average Bonchev–Trinajstić information content (AvgIpc) is 2.95. The van der Waals surface area contributed by atoms with Gasteiger partial charge in [0.05, 0.1) is 18.2 Å². The number of hydrogen-bond acceptors (Lipinski definition) is 6. The molecule has 0 aromatic carbocycles. The van der Waals surface area contributed by atoms with Gasteiger partial charge >= 0.3 is 0 Å². The molecule has 3 aromatic heterocycles. The smallest absolute Gasteiger partial charge is 0.218 e. The van der Waals surface area contributed by atoms with Gasteiger partial charge in [0, 0.05) is 31.3 Å². The molecule has 7 heteroatoms. The highest BCUT2D eigenvalue weighted by Gasteiger charge is 2.14. The lowest BCUT2D eigenvalue weighted by molar-refractivity contribution is 0.323. The van der Waals surface area contributed by atoms with Crippen LogP contribution in [-0.4, -0.2) is 31.3 Å². The first kappa shape index (κ1) is 16.2. The van der Waals surface area contributed by atoms with Crippen LogP contribution in [0.25, 0.3) is 11.0 Å². The van der Waals surface area contributed by atoms with Crippen LogP contribution in [0.15, 0.2) is 24.5 Å². The maximum atomic E-state index is 5.58. The molecule has 0 aliphatic rings. The molecule has 0 radical (unpaired) electrons. The van der Waals surface area contributed by atoms with E-state index in [4.69, 9.17) is 4.74 Å². The highest BCUT2D eigenvalue weighted by atomic mass is 16.5. The Balaban J connectivity index is 1.93. The van der Waals surface area contributed by atoms with Gasteiger partial charge in [0.1, 0.15) is 11.6 Å². The largest absolute Gasteiger partial charge is 0.478 e. The second kappa shape index (κ2) is 6.82. The SMILES string of the molecule is CCOc1ncccc1CNc1nc(C(C)C)nc2c1cnn2C. The summed E-state index contributed by atoms with van der Waals surface area (Å²) in [5.74, 6) is 2.46. The van der Waals surface area contributed by atoms with Gasteiger partial charge in [-0.05, 0) is 13.0 Å². The maximum Gasteiger partial charge on any atom is 0.218 e. The van der Waals surface area contributed by atoms with Crippen molar-refractivity contribution in [3.63, 3.8) is 0 Å². The molecule has 0 saturated heterocycles. The predicted molar refractivity (Wildman–Crippen MR) is 93.1 cm³/mol. The molecule has 0 bridgehead atoms. The number of fused-ring (bicyclic) bond motifs is 1. The molecule has 126 valence electrons. The van der Waals surface area contributed by atoms with Gasteiger partial charge in [0.15, 0.2) is 5.65 Å². The summed E-state index contributed by atoms with van der Waals surface area (Å²) in [6, 6.07) is 3.90. The number of hydrogen-bond donors (Lipinski definition) is 1. The predicted octanol–water partition coefficient (Wildman–Crippen LogP) is 2.89. The van der Waals surface area contributed by atoms with E-state index < -0.39 is 0 Å². The van der Waals surface area contributed by atoms with E-state index in [1.807, 2.05) is 26.1 Å². The number of pyridine rings is 1. The third-order valence-corrected chi connectivity index (χ3v) is 3.70. The van der Waals surface area contributed by atoms with Gasteiger partial charge in [0.2, 0.25) is 5.88 Å². The van der Waals surface area contributed by atoms with Crippen LogP contribution < -0.4 is 10.1 Å². The van der Waals surface area contributed by atoms with Crippen molar-refractivity contribution in [1.29, 1.82) is 0 Å². The number of rotatable bonds is 6. The fourth-order valence-electron chi connectivity index (χ4n) is 2.44. The lowest BCUT2D eigenvalue weighted by Crippen LogP contribution is -2.08. The topological polar surface area (TPSA) is 77.8 Å². The van der Waals surface area contributed by atoms with E-state index >= 15 is 0 Å². The summed E-state index contributed by atoms with van der Waals surface area (Å²) in [4.78, 5) is 13.6. The first-order valence-corrected chi connectivity index (χ1v) is 8.10. The Morgan fingerprint density at radius 1 is 1.29 bits per heavy atom. The van der Waals surface area contributed by atoms with Gasteiger partial charge < -0.3 is 10.1 Å². The van der Waals surface area contributed by atoms with Crippen LogP contribution >= 0.6 is 0 Å². The van der Waals surface area contributed by atoms with E-state index in [-0.39, 0.29) is 5.92 Å². The maximum absolute atomic E-state index is 5.58. The van der Waals surface area contributed by atoms with Gasteiger partial charge in [-0.1, -0.05) is 19.9 Å². The fraction of sp³-hybridized carbons (Fsp3) is 0.412. The van der Waals surface area contributed by atoms with Crippen molar-refractivity contribution in [2.24, 2.45) is 7.05 Å². The van der Waals surface area contributed by atoms with E-state index in [1.165, 1.54) is 0 Å². The standard InChI is InChI=1S/C17H22N6O/c1-5-24-17-12(7-6-8-18-17)9-19-15-13-10-20-23(4)16(13)22-14(21-15)11(2)3/h6-8,10-11H,5,9H2,1-4H3,(H,19,21,22). The lowest BCUT2D eigenvalue weighted by Gasteiger charge is -2.12. The van der Waals surface area contributed by atoms with Crippen LogP contribution in [-0.2, 0) is 13.6 Å². The first-order chi connectivity index (χ1) is 11.6. The van der Waals surface area contributed by atoms with Gasteiger partial charge in [-0.2, -0.15) is 5.10 Å². The molecule has 3 heterocycles. The lowest BCUT2D eigenvalue weighted by atomic mass is 10.2. The van der Waals surface area contributed by atoms with E-state index in [2.05, 4.69) is 39.2 Å². The van der Waals surface area contributed by atoms with Crippen molar-refractivity contribution in [3.05, 3.63) is 35.9 Å². The summed E-state index contributed by atoms with van der Waals surface area (Å²) in [6.07, 6.45) is 3.52. The number of nitrogens with one attached hydrogen (secondary N) is 1. The molecule has 3 rings (SSSR count). The minimum atomic E-state index is 0.238. The Hall–Kier alpha value is -2.70. The molecule has 0 fully saturated rings. The molecule has 0 atom stereocenters. The molecule has 0 aliphatic carbocycles. The zero-order valence-electron chi connectivity index (χ0n) is 14.4. The molecule has 7 nitrogen and oxygen atoms in total. The molecule has 24 heavy (non-hydrogen) atoms. The van der Waals surface area contributed by atoms with Crippen molar-refractivity contribution < 1.29 is 4.74 Å². The van der Waals surface area contributed by atoms with Crippen molar-refractivity contribution in [2.45, 2.75) is 33.2 Å². The van der Waals surface area contributed by atoms with Crippen LogP contribution in [0.4, 0.5) is 5.82 Å². The van der Waals surface area contributed by atoms with Gasteiger partial charge in [-0.25, -0.2) is 15.0 Å².